The molecule has 0 bridgehead atoms. The summed E-state index contributed by atoms with van der Waals surface area (Å²) in [7, 11) is 0. The van der Waals surface area contributed by atoms with Gasteiger partial charge in [-0.15, -0.1) is 0 Å². The van der Waals surface area contributed by atoms with Crippen molar-refractivity contribution < 1.29 is 9.85 Å². The third-order valence-electron chi connectivity index (χ3n) is 2.12. The van der Waals surface area contributed by atoms with Crippen LogP contribution in [0.1, 0.15) is 6.92 Å². The largest absolute Gasteiger partial charge is 0.356 e. The van der Waals surface area contributed by atoms with E-state index >= 15 is 0 Å². The highest BCUT2D eigenvalue weighted by Crippen LogP contribution is 2.15. The van der Waals surface area contributed by atoms with Crippen molar-refractivity contribution >= 4 is 17.3 Å². The summed E-state index contributed by atoms with van der Waals surface area (Å²) in [6, 6.07) is 6.48. The van der Waals surface area contributed by atoms with Crippen molar-refractivity contribution in [2.75, 3.05) is 5.32 Å². The number of anilines is 1. The zero-order valence-corrected chi connectivity index (χ0v) is 10.6. The molecule has 1 aromatic carbocycles. The molecule has 0 aliphatic carbocycles. The Kier molecular flexibility index (Phi) is 5.01. The summed E-state index contributed by atoms with van der Waals surface area (Å²) < 4.78 is 0. The van der Waals surface area contributed by atoms with E-state index in [0.717, 1.165) is 6.20 Å². The van der Waals surface area contributed by atoms with Gasteiger partial charge < -0.3 is 5.32 Å². The molecule has 0 aromatic heterocycles. The first-order valence-electron chi connectivity index (χ1n) is 5.09. The lowest BCUT2D eigenvalue weighted by Crippen LogP contribution is -2.05. The minimum atomic E-state index is -0.741. The molecule has 19 heavy (non-hydrogen) atoms. The van der Waals surface area contributed by atoms with Crippen molar-refractivity contribution in [1.82, 2.24) is 0 Å². The first-order valence-corrected chi connectivity index (χ1v) is 5.47. The van der Waals surface area contributed by atoms with Crippen LogP contribution in [0.3, 0.4) is 0 Å². The number of rotatable bonds is 5. The second kappa shape index (κ2) is 6.50. The normalized spacial score (nSPS) is 12.1. The van der Waals surface area contributed by atoms with Crippen LogP contribution in [0.5, 0.6) is 0 Å². The highest BCUT2D eigenvalue weighted by atomic mass is 35.5. The average molecular weight is 284 g/mol. The maximum Gasteiger partial charge on any atom is 0.294 e. The molecule has 100 valence electrons. The fourth-order valence-corrected chi connectivity index (χ4v) is 1.36. The fourth-order valence-electron chi connectivity index (χ4n) is 1.23. The Morgan fingerprint density at radius 3 is 2.32 bits per heavy atom. The molecule has 7 nitrogen and oxygen atoms in total. The number of nitrogens with one attached hydrogen (secondary N) is 1. The van der Waals surface area contributed by atoms with Crippen molar-refractivity contribution in [2.45, 2.75) is 6.92 Å². The van der Waals surface area contributed by atoms with Crippen LogP contribution in [0.2, 0.25) is 5.02 Å². The van der Waals surface area contributed by atoms with Gasteiger partial charge in [0.15, 0.2) is 0 Å². The monoisotopic (exact) mass is 283 g/mol. The smallest absolute Gasteiger partial charge is 0.294 e. The van der Waals surface area contributed by atoms with Crippen LogP contribution >= 0.6 is 11.6 Å². The van der Waals surface area contributed by atoms with Gasteiger partial charge in [-0.2, -0.15) is 0 Å². The van der Waals surface area contributed by atoms with Gasteiger partial charge in [0, 0.05) is 10.7 Å². The predicted molar refractivity (Wildman–Crippen MR) is 70.9 cm³/mol. The molecule has 0 heterocycles. The van der Waals surface area contributed by atoms with Crippen molar-refractivity contribution in [2.24, 2.45) is 0 Å². The van der Waals surface area contributed by atoms with E-state index in [9.17, 15) is 20.2 Å². The van der Waals surface area contributed by atoms with Gasteiger partial charge in [0.1, 0.15) is 0 Å². The highest BCUT2D eigenvalue weighted by Gasteiger charge is 2.16. The summed E-state index contributed by atoms with van der Waals surface area (Å²) in [6.07, 6.45) is 1.68. The van der Waals surface area contributed by atoms with Gasteiger partial charge in [0.25, 0.3) is 5.70 Å². The Morgan fingerprint density at radius 2 is 1.84 bits per heavy atom. The van der Waals surface area contributed by atoms with E-state index in [-0.39, 0.29) is 11.3 Å². The average Bonchev–Trinajstić information content (AvgIpc) is 2.30. The van der Waals surface area contributed by atoms with Crippen LogP contribution in [0.25, 0.3) is 0 Å². The molecule has 1 N–H and O–H groups in total. The Bertz CT molecular complexity index is 552. The molecular weight excluding hydrogens is 274 g/mol. The molecule has 1 rings (SSSR count). The van der Waals surface area contributed by atoms with Crippen LogP contribution in [0, 0.1) is 20.2 Å². The number of nitrogens with zero attached hydrogens (tertiary/aromatic N) is 2. The Labute approximate surface area is 113 Å². The molecule has 0 aliphatic heterocycles. The minimum absolute atomic E-state index is 0.0588. The number of hydrogen-bond acceptors (Lipinski definition) is 5. The first-order chi connectivity index (χ1) is 8.90. The van der Waals surface area contributed by atoms with Crippen molar-refractivity contribution in [3.8, 4) is 0 Å². The zero-order valence-electron chi connectivity index (χ0n) is 9.87. The van der Waals surface area contributed by atoms with Crippen molar-refractivity contribution in [3.05, 3.63) is 73.2 Å². The molecule has 0 unspecified atom stereocenters. The van der Waals surface area contributed by atoms with Gasteiger partial charge in [0.05, 0.1) is 21.6 Å². The van der Waals surface area contributed by atoms with E-state index in [1.807, 2.05) is 0 Å². The predicted octanol–water partition coefficient (Wildman–Crippen LogP) is 3.05. The molecule has 0 aliphatic rings. The van der Waals surface area contributed by atoms with Gasteiger partial charge in [-0.05, 0) is 31.2 Å². The van der Waals surface area contributed by atoms with E-state index in [0.29, 0.717) is 16.9 Å². The van der Waals surface area contributed by atoms with Gasteiger partial charge >= 0.3 is 0 Å². The summed E-state index contributed by atoms with van der Waals surface area (Å²) in [5.74, 6) is 0. The van der Waals surface area contributed by atoms with Crippen LogP contribution in [0.4, 0.5) is 5.69 Å². The molecule has 0 radical (unpaired) electrons. The minimum Gasteiger partial charge on any atom is -0.356 e. The summed E-state index contributed by atoms with van der Waals surface area (Å²) in [5.41, 5.74) is 0.140. The van der Waals surface area contributed by atoms with E-state index in [1.165, 1.54) is 6.92 Å². The third-order valence-corrected chi connectivity index (χ3v) is 2.37. The SMILES string of the molecule is CC(=C/[N+](=O)[O-])/C(=C/Nc1ccc(Cl)cc1)[N+](=O)[O-]. The summed E-state index contributed by atoms with van der Waals surface area (Å²) >= 11 is 5.70. The van der Waals surface area contributed by atoms with Gasteiger partial charge in [0.2, 0.25) is 6.20 Å². The zero-order chi connectivity index (χ0) is 14.4. The van der Waals surface area contributed by atoms with Crippen molar-refractivity contribution in [3.63, 3.8) is 0 Å². The lowest BCUT2D eigenvalue weighted by molar-refractivity contribution is -0.427. The highest BCUT2D eigenvalue weighted by molar-refractivity contribution is 6.30. The quantitative estimate of drug-likeness (QED) is 0.509. The van der Waals surface area contributed by atoms with Gasteiger partial charge in [-0.3, -0.25) is 20.2 Å². The standard InChI is InChI=1S/C11H10ClN3O4/c1-8(7-14(16)17)11(15(18)19)6-13-10-4-2-9(12)3-5-10/h2-7,13H,1H3/b8-7-,11-6-. The Balaban J connectivity index is 2.94. The van der Waals surface area contributed by atoms with Crippen molar-refractivity contribution in [1.29, 1.82) is 0 Å². The Hall–Kier alpha value is -2.41. The Morgan fingerprint density at radius 1 is 1.26 bits per heavy atom. The second-order valence-corrected chi connectivity index (χ2v) is 3.97. The molecule has 0 saturated carbocycles. The maximum absolute atomic E-state index is 10.8. The molecule has 0 fully saturated rings. The van der Waals surface area contributed by atoms with Gasteiger partial charge in [-0.1, -0.05) is 11.6 Å². The molecule has 8 heteroatoms. The molecule has 0 amide bonds. The van der Waals surface area contributed by atoms with E-state index in [4.69, 9.17) is 11.6 Å². The lowest BCUT2D eigenvalue weighted by atomic mass is 10.2. The molecule has 1 aromatic rings. The number of nitro groups is 2. The lowest BCUT2D eigenvalue weighted by Gasteiger charge is -2.01. The fraction of sp³-hybridized carbons (Fsp3) is 0.0909. The maximum atomic E-state index is 10.8. The van der Waals surface area contributed by atoms with Gasteiger partial charge in [-0.25, -0.2) is 0 Å². The molecular formula is C11H10ClN3O4. The summed E-state index contributed by atoms with van der Waals surface area (Å²) in [5, 5.41) is 24.3. The molecule has 0 atom stereocenters. The third kappa shape index (κ3) is 4.76. The molecule has 0 saturated heterocycles. The van der Waals surface area contributed by atoms with Crippen LogP contribution in [-0.4, -0.2) is 9.85 Å². The summed E-state index contributed by atoms with van der Waals surface area (Å²) in [4.78, 5) is 19.7. The number of benzene rings is 1. The van der Waals surface area contributed by atoms with E-state index in [1.54, 1.807) is 24.3 Å². The number of halogens is 1. The van der Waals surface area contributed by atoms with Crippen LogP contribution in [0.15, 0.2) is 47.9 Å². The molecule has 0 spiro atoms. The van der Waals surface area contributed by atoms with Crippen LogP contribution < -0.4 is 5.32 Å². The summed E-state index contributed by atoms with van der Waals surface area (Å²) in [6.45, 7) is 1.29. The van der Waals surface area contributed by atoms with Crippen LogP contribution in [-0.2, 0) is 0 Å². The van der Waals surface area contributed by atoms with E-state index < -0.39 is 9.85 Å². The number of allylic oxidation sites excluding steroid dienone is 1. The topological polar surface area (TPSA) is 98.3 Å². The second-order valence-electron chi connectivity index (χ2n) is 3.54. The first kappa shape index (κ1) is 14.7. The van der Waals surface area contributed by atoms with E-state index in [2.05, 4.69) is 5.32 Å². The number of hydrogen-bond donors (Lipinski definition) is 1.